The third-order valence-corrected chi connectivity index (χ3v) is 10.4. The highest BCUT2D eigenvalue weighted by atomic mass is 35.5. The van der Waals surface area contributed by atoms with Gasteiger partial charge in [-0.3, -0.25) is 29.5 Å². The minimum absolute atomic E-state index is 0.0383. The first-order valence-electron chi connectivity index (χ1n) is 17.4. The van der Waals surface area contributed by atoms with Gasteiger partial charge in [-0.2, -0.15) is 5.10 Å². The zero-order chi connectivity index (χ0) is 38.3. The predicted octanol–water partition coefficient (Wildman–Crippen LogP) is 6.98. The van der Waals surface area contributed by atoms with Crippen LogP contribution < -0.4 is 16.0 Å². The van der Waals surface area contributed by atoms with Crippen LogP contribution in [0.2, 0.25) is 10.0 Å². The number of aliphatic hydroxyl groups excluding tert-OH is 1. The van der Waals surface area contributed by atoms with E-state index in [-0.39, 0.29) is 38.6 Å². The minimum Gasteiger partial charge on any atom is -0.480 e. The summed E-state index contributed by atoms with van der Waals surface area (Å²) in [4.78, 5) is 39.9. The van der Waals surface area contributed by atoms with E-state index in [1.54, 1.807) is 73.3 Å². The first-order chi connectivity index (χ1) is 25.8. The number of amides is 1. The number of benzene rings is 2. The molecular weight excluding hydrogens is 743 g/mol. The molecule has 5 heterocycles. The van der Waals surface area contributed by atoms with Crippen molar-refractivity contribution in [2.24, 2.45) is 0 Å². The third-order valence-electron chi connectivity index (χ3n) is 9.58. The maximum Gasteiger partial charge on any atom is 0.323 e. The quantitative estimate of drug-likeness (QED) is 0.0937. The van der Waals surface area contributed by atoms with Gasteiger partial charge in [0.15, 0.2) is 17.3 Å². The molecule has 1 saturated heterocycles. The first kappa shape index (κ1) is 37.5. The van der Waals surface area contributed by atoms with Crippen LogP contribution in [0.15, 0.2) is 54.7 Å². The number of pyridine rings is 1. The van der Waals surface area contributed by atoms with Gasteiger partial charge in [0.25, 0.3) is 12.3 Å². The summed E-state index contributed by atoms with van der Waals surface area (Å²) in [6.07, 6.45) is 0.408. The summed E-state index contributed by atoms with van der Waals surface area (Å²) in [5.74, 6) is -2.13. The summed E-state index contributed by atoms with van der Waals surface area (Å²) >= 11 is 13.8. The molecule has 2 atom stereocenters. The van der Waals surface area contributed by atoms with Gasteiger partial charge in [-0.1, -0.05) is 47.5 Å². The Bertz CT molecular complexity index is 2250. The number of carboxylic acid groups (broad SMARTS) is 1. The Hall–Kier alpha value is -4.80. The number of carboxylic acids is 1. The maximum atomic E-state index is 14.0. The van der Waals surface area contributed by atoms with Gasteiger partial charge < -0.3 is 20.8 Å². The Labute approximate surface area is 318 Å². The average Bonchev–Trinajstić information content (AvgIpc) is 3.76. The van der Waals surface area contributed by atoms with Gasteiger partial charge in [-0.05, 0) is 62.9 Å². The highest BCUT2D eigenvalue weighted by molar-refractivity contribution is 6.39. The van der Waals surface area contributed by atoms with Crippen LogP contribution in [0.1, 0.15) is 73.1 Å². The number of carbonyl (C=O) groups is 2. The number of aliphatic carboxylic acids is 1. The Morgan fingerprint density at radius 1 is 1.02 bits per heavy atom. The second kappa shape index (κ2) is 15.1. The van der Waals surface area contributed by atoms with E-state index in [9.17, 15) is 28.6 Å². The lowest BCUT2D eigenvalue weighted by atomic mass is 9.98. The lowest BCUT2D eigenvalue weighted by Crippen LogP contribution is -2.49. The number of fused-ring (bicyclic) bond motifs is 2. The fourth-order valence-corrected chi connectivity index (χ4v) is 7.34. The van der Waals surface area contributed by atoms with Crippen molar-refractivity contribution in [1.82, 2.24) is 34.9 Å². The molecule has 0 radical (unpaired) electrons. The van der Waals surface area contributed by atoms with Crippen LogP contribution >= 0.6 is 23.2 Å². The van der Waals surface area contributed by atoms with Crippen LogP contribution in [-0.2, 0) is 17.9 Å². The number of likely N-dealkylation sites (tertiary alicyclic amines) is 1. The molecule has 0 spiro atoms. The van der Waals surface area contributed by atoms with E-state index >= 15 is 0 Å². The average molecular weight is 781 g/mol. The van der Waals surface area contributed by atoms with E-state index in [1.165, 1.54) is 0 Å². The second-order valence-corrected chi connectivity index (χ2v) is 14.7. The summed E-state index contributed by atoms with van der Waals surface area (Å²) in [7, 11) is 0. The van der Waals surface area contributed by atoms with E-state index in [1.807, 2.05) is 0 Å². The minimum atomic E-state index is -2.94. The van der Waals surface area contributed by atoms with Crippen LogP contribution in [0.5, 0.6) is 0 Å². The fourth-order valence-electron chi connectivity index (χ4n) is 6.79. The van der Waals surface area contributed by atoms with Crippen molar-refractivity contribution >= 4 is 63.3 Å². The van der Waals surface area contributed by atoms with Crippen molar-refractivity contribution < 1.29 is 28.6 Å². The van der Waals surface area contributed by atoms with Crippen molar-refractivity contribution in [3.63, 3.8) is 0 Å². The van der Waals surface area contributed by atoms with Crippen LogP contribution in [-0.4, -0.2) is 76.5 Å². The number of carbonyl (C=O) groups excluding carboxylic acids is 1. The summed E-state index contributed by atoms with van der Waals surface area (Å²) < 4.78 is 29.7. The van der Waals surface area contributed by atoms with Gasteiger partial charge in [-0.15, -0.1) is 0 Å². The molecule has 1 fully saturated rings. The van der Waals surface area contributed by atoms with Gasteiger partial charge in [0.05, 0.1) is 44.8 Å². The number of halogens is 4. The van der Waals surface area contributed by atoms with E-state index in [0.717, 1.165) is 12.0 Å². The molecule has 7 rings (SSSR count). The number of hydrogen-bond acceptors (Lipinski definition) is 10. The summed E-state index contributed by atoms with van der Waals surface area (Å²) in [6.45, 7) is 5.48. The van der Waals surface area contributed by atoms with E-state index in [0.29, 0.717) is 67.2 Å². The van der Waals surface area contributed by atoms with Crippen LogP contribution in [0.25, 0.3) is 22.2 Å². The smallest absolute Gasteiger partial charge is 0.323 e. The fraction of sp³-hybridized carbons (Fsp3) is 0.351. The van der Waals surface area contributed by atoms with Crippen LogP contribution in [0.4, 0.5) is 26.0 Å². The van der Waals surface area contributed by atoms with E-state index in [2.05, 4.69) is 40.9 Å². The summed E-state index contributed by atoms with van der Waals surface area (Å²) in [5, 5.41) is 33.5. The number of aliphatic hydroxyl groups is 1. The number of nitrogens with zero attached hydrogens (tertiary/aromatic N) is 6. The highest BCUT2D eigenvalue weighted by Gasteiger charge is 2.34. The molecule has 2 aliphatic heterocycles. The van der Waals surface area contributed by atoms with Crippen LogP contribution in [0, 0.1) is 0 Å². The molecule has 2 aliphatic rings. The monoisotopic (exact) mass is 779 g/mol. The Balaban J connectivity index is 1.14. The molecule has 0 bridgehead atoms. The SMILES string of the molecule is CC(C)(N[C@H]1CCCn2nc(C(=O)Nc3cccc(-c4cccc(Nc5nc(C(F)F)nc6cc(CN7CC[C@@H](O)C7)cnc56)c4Cl)c3Cl)cc21)C(=O)O. The Morgan fingerprint density at radius 2 is 1.74 bits per heavy atom. The molecule has 0 aliphatic carbocycles. The van der Waals surface area contributed by atoms with Gasteiger partial charge in [0.2, 0.25) is 0 Å². The molecule has 0 saturated carbocycles. The molecule has 13 nitrogen and oxygen atoms in total. The van der Waals surface area contributed by atoms with Gasteiger partial charge in [0.1, 0.15) is 11.1 Å². The van der Waals surface area contributed by atoms with Crippen LogP contribution in [0.3, 0.4) is 0 Å². The zero-order valence-electron chi connectivity index (χ0n) is 29.3. The first-order valence-corrected chi connectivity index (χ1v) is 18.1. The molecule has 3 aromatic heterocycles. The number of alkyl halides is 2. The molecule has 2 aromatic carbocycles. The van der Waals surface area contributed by atoms with Gasteiger partial charge in [-0.25, -0.2) is 18.7 Å². The lowest BCUT2D eigenvalue weighted by Gasteiger charge is -2.31. The number of aromatic nitrogens is 5. The molecule has 5 aromatic rings. The number of hydrogen-bond donors (Lipinski definition) is 5. The Kier molecular flexibility index (Phi) is 10.5. The molecule has 54 heavy (non-hydrogen) atoms. The van der Waals surface area contributed by atoms with Crippen molar-refractivity contribution in [3.8, 4) is 11.1 Å². The maximum absolute atomic E-state index is 14.0. The standard InChI is InChI=1S/C37H37Cl2F2N9O4/c1-37(2,36(53)54)47-23-10-5-12-50-28(23)15-27(48-50)35(52)45-25-9-4-7-22(30(25)39)21-6-3-8-24(29(21)38)43-33-31-26(44-34(46-33)32(40)41)14-19(16-42-31)17-49-13-11-20(51)18-49/h3-4,6-9,14-16,20,23,32,47,51H,5,10-13,17-18H2,1-2H3,(H,45,52)(H,53,54)(H,43,44,46)/t20-,23+/m1/s1. The summed E-state index contributed by atoms with van der Waals surface area (Å²) in [5.41, 5.74) is 2.56. The van der Waals surface area contributed by atoms with Crippen molar-refractivity contribution in [1.29, 1.82) is 0 Å². The molecule has 17 heteroatoms. The number of nitrogens with one attached hydrogen (secondary N) is 3. The Morgan fingerprint density at radius 3 is 2.43 bits per heavy atom. The molecule has 1 amide bonds. The topological polar surface area (TPSA) is 170 Å². The van der Waals surface area contributed by atoms with Crippen molar-refractivity contribution in [3.05, 3.63) is 87.5 Å². The highest BCUT2D eigenvalue weighted by Crippen LogP contribution is 2.41. The van der Waals surface area contributed by atoms with Crippen molar-refractivity contribution in [2.75, 3.05) is 23.7 Å². The van der Waals surface area contributed by atoms with Gasteiger partial charge >= 0.3 is 5.97 Å². The van der Waals surface area contributed by atoms with Gasteiger partial charge in [0, 0.05) is 43.5 Å². The van der Waals surface area contributed by atoms with Crippen molar-refractivity contribution in [2.45, 2.75) is 70.3 Å². The largest absolute Gasteiger partial charge is 0.480 e. The molecular formula is C37H37Cl2F2N9O4. The summed E-state index contributed by atoms with van der Waals surface area (Å²) in [6, 6.07) is 13.2. The molecule has 0 unspecified atom stereocenters. The normalized spacial score (nSPS) is 17.6. The number of β-amino-alcohol motifs (C(OH)–C–C–N with tert-alkyl or cyclic N) is 1. The number of rotatable bonds is 11. The molecule has 282 valence electrons. The van der Waals surface area contributed by atoms with E-state index in [4.69, 9.17) is 23.2 Å². The number of aryl methyl sites for hydroxylation is 1. The molecule has 5 N–H and O–H groups in total. The van der Waals surface area contributed by atoms with E-state index < -0.39 is 35.8 Å². The second-order valence-electron chi connectivity index (χ2n) is 14.0. The lowest BCUT2D eigenvalue weighted by molar-refractivity contribution is -0.143. The zero-order valence-corrected chi connectivity index (χ0v) is 30.8. The third kappa shape index (κ3) is 7.72. The predicted molar refractivity (Wildman–Crippen MR) is 200 cm³/mol. The number of anilines is 3.